The van der Waals surface area contributed by atoms with Crippen LogP contribution in [0, 0.1) is 0 Å². The minimum absolute atomic E-state index is 0.316. The molecular weight excluding hydrogens is 194 g/mol. The summed E-state index contributed by atoms with van der Waals surface area (Å²) in [6.45, 7) is 1.63. The normalized spacial score (nSPS) is 29.0. The lowest BCUT2D eigenvalue weighted by Crippen LogP contribution is -2.62. The van der Waals surface area contributed by atoms with E-state index in [0.29, 0.717) is 23.7 Å². The fourth-order valence-electron chi connectivity index (χ4n) is 2.10. The van der Waals surface area contributed by atoms with Crippen molar-refractivity contribution in [1.29, 1.82) is 0 Å². The molecule has 5 heteroatoms. The SMILES string of the molecule is CC(O)c1nnc(C2CCCC([NH3+])C2)o1. The summed E-state index contributed by atoms with van der Waals surface area (Å²) in [4.78, 5) is 0. The molecule has 4 N–H and O–H groups in total. The summed E-state index contributed by atoms with van der Waals surface area (Å²) in [6, 6.07) is 0.491. The van der Waals surface area contributed by atoms with Gasteiger partial charge in [-0.3, -0.25) is 0 Å². The summed E-state index contributed by atoms with van der Waals surface area (Å²) in [5.74, 6) is 1.32. The highest BCUT2D eigenvalue weighted by molar-refractivity contribution is 4.95. The Hall–Kier alpha value is -0.940. The zero-order valence-corrected chi connectivity index (χ0v) is 9.02. The van der Waals surface area contributed by atoms with Gasteiger partial charge in [0.05, 0.1) is 6.04 Å². The smallest absolute Gasteiger partial charge is 0.244 e. The van der Waals surface area contributed by atoms with Gasteiger partial charge in [0.1, 0.15) is 6.10 Å². The number of hydrogen-bond acceptors (Lipinski definition) is 4. The molecule has 15 heavy (non-hydrogen) atoms. The van der Waals surface area contributed by atoms with Gasteiger partial charge in [-0.25, -0.2) is 0 Å². The van der Waals surface area contributed by atoms with Crippen molar-refractivity contribution >= 4 is 0 Å². The molecule has 1 aromatic rings. The van der Waals surface area contributed by atoms with Crippen molar-refractivity contribution in [2.24, 2.45) is 0 Å². The zero-order chi connectivity index (χ0) is 10.8. The van der Waals surface area contributed by atoms with Crippen LogP contribution in [0.5, 0.6) is 0 Å². The molecule has 1 aromatic heterocycles. The first-order chi connectivity index (χ1) is 7.16. The minimum Gasteiger partial charge on any atom is -0.422 e. The predicted octanol–water partition coefficient (Wildman–Crippen LogP) is 0.391. The van der Waals surface area contributed by atoms with Crippen molar-refractivity contribution in [2.45, 2.75) is 50.7 Å². The van der Waals surface area contributed by atoms with Gasteiger partial charge in [0, 0.05) is 12.3 Å². The predicted molar refractivity (Wildman–Crippen MR) is 52.8 cm³/mol. The molecule has 0 aromatic carbocycles. The Morgan fingerprint density at radius 3 is 2.87 bits per heavy atom. The van der Waals surface area contributed by atoms with E-state index in [9.17, 15) is 5.11 Å². The quantitative estimate of drug-likeness (QED) is 0.742. The van der Waals surface area contributed by atoms with Gasteiger partial charge in [0.2, 0.25) is 11.8 Å². The van der Waals surface area contributed by atoms with Crippen molar-refractivity contribution in [3.63, 3.8) is 0 Å². The third-order valence-corrected chi connectivity index (χ3v) is 2.95. The second-order valence-corrected chi connectivity index (χ2v) is 4.38. The molecule has 0 spiro atoms. The monoisotopic (exact) mass is 212 g/mol. The summed E-state index contributed by atoms with van der Waals surface area (Å²) in [5.41, 5.74) is 4.08. The number of quaternary nitrogens is 1. The van der Waals surface area contributed by atoms with Crippen LogP contribution in [0.2, 0.25) is 0 Å². The van der Waals surface area contributed by atoms with Gasteiger partial charge < -0.3 is 15.3 Å². The van der Waals surface area contributed by atoms with Crippen LogP contribution in [-0.4, -0.2) is 21.3 Å². The van der Waals surface area contributed by atoms with Gasteiger partial charge in [-0.05, 0) is 26.2 Å². The largest absolute Gasteiger partial charge is 0.422 e. The van der Waals surface area contributed by atoms with E-state index in [2.05, 4.69) is 15.9 Å². The van der Waals surface area contributed by atoms with Crippen LogP contribution in [-0.2, 0) is 0 Å². The Bertz CT molecular complexity index is 324. The summed E-state index contributed by atoms with van der Waals surface area (Å²) < 4.78 is 5.43. The van der Waals surface area contributed by atoms with E-state index < -0.39 is 6.10 Å². The van der Waals surface area contributed by atoms with E-state index in [-0.39, 0.29) is 0 Å². The minimum atomic E-state index is -0.676. The number of aromatic nitrogens is 2. The average Bonchev–Trinajstić information content (AvgIpc) is 2.66. The van der Waals surface area contributed by atoms with Crippen LogP contribution >= 0.6 is 0 Å². The molecule has 1 saturated carbocycles. The van der Waals surface area contributed by atoms with E-state index >= 15 is 0 Å². The highest BCUT2D eigenvalue weighted by Crippen LogP contribution is 2.31. The van der Waals surface area contributed by atoms with E-state index in [0.717, 1.165) is 12.8 Å². The maximum absolute atomic E-state index is 9.28. The van der Waals surface area contributed by atoms with Crippen LogP contribution in [0.1, 0.15) is 56.4 Å². The summed E-state index contributed by atoms with van der Waals surface area (Å²) in [5, 5.41) is 17.1. The van der Waals surface area contributed by atoms with Crippen molar-refractivity contribution in [3.05, 3.63) is 11.8 Å². The van der Waals surface area contributed by atoms with Gasteiger partial charge in [0.15, 0.2) is 0 Å². The maximum atomic E-state index is 9.28. The summed E-state index contributed by atoms with van der Waals surface area (Å²) in [7, 11) is 0. The standard InChI is InChI=1S/C10H17N3O2/c1-6(14)9-12-13-10(15-9)7-3-2-4-8(11)5-7/h6-8,14H,2-5,11H2,1H3/p+1. The van der Waals surface area contributed by atoms with Gasteiger partial charge in [-0.1, -0.05) is 0 Å². The zero-order valence-electron chi connectivity index (χ0n) is 9.02. The fraction of sp³-hybridized carbons (Fsp3) is 0.800. The van der Waals surface area contributed by atoms with Crippen molar-refractivity contribution in [2.75, 3.05) is 0 Å². The summed E-state index contributed by atoms with van der Waals surface area (Å²) in [6.07, 6.45) is 3.79. The molecule has 0 amide bonds. The van der Waals surface area contributed by atoms with E-state index in [1.165, 1.54) is 12.8 Å². The lowest BCUT2D eigenvalue weighted by molar-refractivity contribution is -0.426. The lowest BCUT2D eigenvalue weighted by Gasteiger charge is -2.21. The molecule has 5 nitrogen and oxygen atoms in total. The first kappa shape index (κ1) is 10.6. The molecule has 2 rings (SSSR count). The molecule has 0 aliphatic heterocycles. The van der Waals surface area contributed by atoms with E-state index in [4.69, 9.17) is 4.42 Å². The molecule has 84 valence electrons. The Morgan fingerprint density at radius 1 is 1.47 bits per heavy atom. The number of aliphatic hydroxyl groups excluding tert-OH is 1. The van der Waals surface area contributed by atoms with Gasteiger partial charge in [0.25, 0.3) is 0 Å². The van der Waals surface area contributed by atoms with Gasteiger partial charge >= 0.3 is 0 Å². The third-order valence-electron chi connectivity index (χ3n) is 2.95. The van der Waals surface area contributed by atoms with E-state index in [1.807, 2.05) is 0 Å². The van der Waals surface area contributed by atoms with Crippen molar-refractivity contribution < 1.29 is 15.3 Å². The molecule has 0 radical (unpaired) electrons. The van der Waals surface area contributed by atoms with Gasteiger partial charge in [-0.15, -0.1) is 10.2 Å². The first-order valence-corrected chi connectivity index (χ1v) is 5.51. The Balaban J connectivity index is 2.08. The molecule has 1 aliphatic carbocycles. The molecule has 1 aliphatic rings. The van der Waals surface area contributed by atoms with Crippen molar-refractivity contribution in [3.8, 4) is 0 Å². The number of hydrogen-bond donors (Lipinski definition) is 2. The van der Waals surface area contributed by atoms with Crippen LogP contribution in [0.25, 0.3) is 0 Å². The Labute approximate surface area is 88.7 Å². The number of rotatable bonds is 2. The molecule has 0 saturated heterocycles. The topological polar surface area (TPSA) is 86.8 Å². The highest BCUT2D eigenvalue weighted by Gasteiger charge is 2.27. The average molecular weight is 212 g/mol. The molecule has 0 bridgehead atoms. The van der Waals surface area contributed by atoms with E-state index in [1.54, 1.807) is 6.92 Å². The van der Waals surface area contributed by atoms with Gasteiger partial charge in [-0.2, -0.15) is 0 Å². The first-order valence-electron chi connectivity index (χ1n) is 5.51. The van der Waals surface area contributed by atoms with Crippen molar-refractivity contribution in [1.82, 2.24) is 10.2 Å². The Morgan fingerprint density at radius 2 is 2.27 bits per heavy atom. The van der Waals surface area contributed by atoms with Crippen LogP contribution < -0.4 is 5.73 Å². The highest BCUT2D eigenvalue weighted by atomic mass is 16.4. The maximum Gasteiger partial charge on any atom is 0.244 e. The Kier molecular flexibility index (Phi) is 3.02. The lowest BCUT2D eigenvalue weighted by atomic mass is 9.86. The second kappa shape index (κ2) is 4.28. The second-order valence-electron chi connectivity index (χ2n) is 4.38. The molecule has 1 fully saturated rings. The number of nitrogens with zero attached hydrogens (tertiary/aromatic N) is 2. The summed E-state index contributed by atoms with van der Waals surface area (Å²) >= 11 is 0. The molecule has 1 heterocycles. The molecule has 3 unspecified atom stereocenters. The molecular formula is C10H18N3O2+. The van der Waals surface area contributed by atoms with Crippen LogP contribution in [0.15, 0.2) is 4.42 Å². The van der Waals surface area contributed by atoms with Crippen LogP contribution in [0.4, 0.5) is 0 Å². The fourth-order valence-corrected chi connectivity index (χ4v) is 2.10. The third kappa shape index (κ3) is 2.35. The van der Waals surface area contributed by atoms with Crippen LogP contribution in [0.3, 0.4) is 0 Å². The number of aliphatic hydroxyl groups is 1. The molecule has 3 atom stereocenters.